The SMILES string of the molecule is NC1CCCCC1OC1CCCc2ccccc21. The van der Waals surface area contributed by atoms with Gasteiger partial charge in [-0.15, -0.1) is 0 Å². The molecule has 2 aliphatic rings. The van der Waals surface area contributed by atoms with Crippen LogP contribution in [0.3, 0.4) is 0 Å². The zero-order chi connectivity index (χ0) is 12.4. The Bertz CT molecular complexity index is 404. The summed E-state index contributed by atoms with van der Waals surface area (Å²) in [5.41, 5.74) is 9.07. The molecule has 2 heteroatoms. The molecule has 0 radical (unpaired) electrons. The zero-order valence-corrected chi connectivity index (χ0v) is 11.0. The summed E-state index contributed by atoms with van der Waals surface area (Å²) in [5, 5.41) is 0. The van der Waals surface area contributed by atoms with Gasteiger partial charge in [0.15, 0.2) is 0 Å². The van der Waals surface area contributed by atoms with Gasteiger partial charge in [0.1, 0.15) is 0 Å². The standard InChI is InChI=1S/C16H23NO/c17-14-9-3-4-10-16(14)18-15-11-5-7-12-6-1-2-8-13(12)15/h1-2,6,8,14-16H,3-5,7,9-11,17H2. The van der Waals surface area contributed by atoms with Crippen molar-refractivity contribution < 1.29 is 4.74 Å². The van der Waals surface area contributed by atoms with E-state index in [4.69, 9.17) is 10.5 Å². The summed E-state index contributed by atoms with van der Waals surface area (Å²) in [6, 6.07) is 8.97. The molecule has 2 N–H and O–H groups in total. The molecule has 0 amide bonds. The summed E-state index contributed by atoms with van der Waals surface area (Å²) >= 11 is 0. The van der Waals surface area contributed by atoms with Crippen molar-refractivity contribution in [2.24, 2.45) is 5.73 Å². The van der Waals surface area contributed by atoms with Crippen LogP contribution in [0.2, 0.25) is 0 Å². The summed E-state index contributed by atoms with van der Waals surface area (Å²) in [6.45, 7) is 0. The number of benzene rings is 1. The van der Waals surface area contributed by atoms with E-state index in [9.17, 15) is 0 Å². The van der Waals surface area contributed by atoms with Crippen LogP contribution in [-0.2, 0) is 11.2 Å². The Balaban J connectivity index is 1.73. The van der Waals surface area contributed by atoms with Gasteiger partial charge in [0.2, 0.25) is 0 Å². The van der Waals surface area contributed by atoms with Crippen LogP contribution in [0, 0.1) is 0 Å². The van der Waals surface area contributed by atoms with E-state index in [1.54, 1.807) is 0 Å². The second-order valence-electron chi connectivity index (χ2n) is 5.70. The van der Waals surface area contributed by atoms with Crippen molar-refractivity contribution in [3.63, 3.8) is 0 Å². The number of ether oxygens (including phenoxy) is 1. The predicted octanol–water partition coefficient (Wildman–Crippen LogP) is 3.35. The highest BCUT2D eigenvalue weighted by Gasteiger charge is 2.28. The summed E-state index contributed by atoms with van der Waals surface area (Å²) in [4.78, 5) is 0. The Morgan fingerprint density at radius 3 is 2.72 bits per heavy atom. The van der Waals surface area contributed by atoms with Crippen LogP contribution in [0.4, 0.5) is 0 Å². The molecule has 1 aromatic rings. The highest BCUT2D eigenvalue weighted by molar-refractivity contribution is 5.31. The lowest BCUT2D eigenvalue weighted by atomic mass is 9.88. The molecular weight excluding hydrogens is 222 g/mol. The van der Waals surface area contributed by atoms with Gasteiger partial charge in [-0.25, -0.2) is 0 Å². The molecule has 1 saturated carbocycles. The maximum absolute atomic E-state index is 6.35. The van der Waals surface area contributed by atoms with Crippen molar-refractivity contribution in [2.45, 2.75) is 63.2 Å². The summed E-state index contributed by atoms with van der Waals surface area (Å²) < 4.78 is 6.35. The molecule has 0 bridgehead atoms. The van der Waals surface area contributed by atoms with Gasteiger partial charge in [-0.2, -0.15) is 0 Å². The lowest BCUT2D eigenvalue weighted by Crippen LogP contribution is -2.40. The molecule has 3 atom stereocenters. The third-order valence-corrected chi connectivity index (χ3v) is 4.41. The number of fused-ring (bicyclic) bond motifs is 1. The summed E-state index contributed by atoms with van der Waals surface area (Å²) in [7, 11) is 0. The van der Waals surface area contributed by atoms with E-state index in [0.717, 1.165) is 19.3 Å². The molecule has 0 saturated heterocycles. The molecule has 2 nitrogen and oxygen atoms in total. The fourth-order valence-corrected chi connectivity index (χ4v) is 3.36. The normalized spacial score (nSPS) is 31.9. The van der Waals surface area contributed by atoms with Crippen LogP contribution in [-0.4, -0.2) is 12.1 Å². The molecule has 18 heavy (non-hydrogen) atoms. The van der Waals surface area contributed by atoms with E-state index in [2.05, 4.69) is 24.3 Å². The third kappa shape index (κ3) is 2.45. The fraction of sp³-hybridized carbons (Fsp3) is 0.625. The predicted molar refractivity (Wildman–Crippen MR) is 73.4 cm³/mol. The number of hydrogen-bond acceptors (Lipinski definition) is 2. The Morgan fingerprint density at radius 1 is 1.00 bits per heavy atom. The fourth-order valence-electron chi connectivity index (χ4n) is 3.36. The molecule has 0 spiro atoms. The smallest absolute Gasteiger partial charge is 0.0832 e. The third-order valence-electron chi connectivity index (χ3n) is 4.41. The zero-order valence-electron chi connectivity index (χ0n) is 11.0. The van der Waals surface area contributed by atoms with E-state index in [1.807, 2.05) is 0 Å². The quantitative estimate of drug-likeness (QED) is 0.867. The van der Waals surface area contributed by atoms with Crippen molar-refractivity contribution in [1.82, 2.24) is 0 Å². The van der Waals surface area contributed by atoms with Gasteiger partial charge >= 0.3 is 0 Å². The Labute approximate surface area is 110 Å². The highest BCUT2D eigenvalue weighted by Crippen LogP contribution is 2.35. The molecule has 0 heterocycles. The molecule has 3 rings (SSSR count). The van der Waals surface area contributed by atoms with Crippen molar-refractivity contribution >= 4 is 0 Å². The molecule has 2 aliphatic carbocycles. The topological polar surface area (TPSA) is 35.2 Å². The van der Waals surface area contributed by atoms with Crippen molar-refractivity contribution in [2.75, 3.05) is 0 Å². The minimum atomic E-state index is 0.243. The number of hydrogen-bond donors (Lipinski definition) is 1. The van der Waals surface area contributed by atoms with Gasteiger partial charge in [-0.1, -0.05) is 37.1 Å². The largest absolute Gasteiger partial charge is 0.369 e. The van der Waals surface area contributed by atoms with Crippen molar-refractivity contribution in [3.8, 4) is 0 Å². The van der Waals surface area contributed by atoms with Gasteiger partial charge < -0.3 is 10.5 Å². The van der Waals surface area contributed by atoms with Crippen LogP contribution in [0.15, 0.2) is 24.3 Å². The molecule has 1 aromatic carbocycles. The lowest BCUT2D eigenvalue weighted by molar-refractivity contribution is -0.0483. The highest BCUT2D eigenvalue weighted by atomic mass is 16.5. The van der Waals surface area contributed by atoms with E-state index >= 15 is 0 Å². The number of aryl methyl sites for hydroxylation is 1. The minimum Gasteiger partial charge on any atom is -0.369 e. The Hall–Kier alpha value is -0.860. The molecule has 98 valence electrons. The first-order chi connectivity index (χ1) is 8.84. The number of nitrogens with two attached hydrogens (primary N) is 1. The lowest BCUT2D eigenvalue weighted by Gasteiger charge is -2.34. The van der Waals surface area contributed by atoms with Crippen LogP contribution < -0.4 is 5.73 Å². The monoisotopic (exact) mass is 245 g/mol. The van der Waals surface area contributed by atoms with Gasteiger partial charge in [0.05, 0.1) is 12.2 Å². The maximum Gasteiger partial charge on any atom is 0.0832 e. The minimum absolute atomic E-state index is 0.243. The molecule has 1 fully saturated rings. The summed E-state index contributed by atoms with van der Waals surface area (Å²) in [6.07, 6.45) is 8.95. The Morgan fingerprint density at radius 2 is 1.83 bits per heavy atom. The van der Waals surface area contributed by atoms with Gasteiger partial charge in [0, 0.05) is 6.04 Å². The van der Waals surface area contributed by atoms with E-state index in [0.29, 0.717) is 0 Å². The maximum atomic E-state index is 6.35. The Kier molecular flexibility index (Phi) is 3.67. The van der Waals surface area contributed by atoms with E-state index in [1.165, 1.54) is 36.8 Å². The van der Waals surface area contributed by atoms with Crippen LogP contribution in [0.5, 0.6) is 0 Å². The first-order valence-corrected chi connectivity index (χ1v) is 7.33. The second kappa shape index (κ2) is 5.41. The van der Waals surface area contributed by atoms with Crippen LogP contribution in [0.25, 0.3) is 0 Å². The average molecular weight is 245 g/mol. The van der Waals surface area contributed by atoms with Crippen molar-refractivity contribution in [3.05, 3.63) is 35.4 Å². The molecular formula is C16H23NO. The van der Waals surface area contributed by atoms with Crippen LogP contribution in [0.1, 0.15) is 55.8 Å². The van der Waals surface area contributed by atoms with E-state index in [-0.39, 0.29) is 18.2 Å². The molecule has 3 unspecified atom stereocenters. The first kappa shape index (κ1) is 12.2. The van der Waals surface area contributed by atoms with E-state index < -0.39 is 0 Å². The first-order valence-electron chi connectivity index (χ1n) is 7.33. The van der Waals surface area contributed by atoms with Gasteiger partial charge in [-0.05, 0) is 43.2 Å². The van der Waals surface area contributed by atoms with Gasteiger partial charge in [0.25, 0.3) is 0 Å². The second-order valence-corrected chi connectivity index (χ2v) is 5.70. The molecule has 0 aromatic heterocycles. The van der Waals surface area contributed by atoms with Crippen LogP contribution >= 0.6 is 0 Å². The number of rotatable bonds is 2. The van der Waals surface area contributed by atoms with Crippen molar-refractivity contribution in [1.29, 1.82) is 0 Å². The molecule has 0 aliphatic heterocycles. The summed E-state index contributed by atoms with van der Waals surface area (Å²) in [5.74, 6) is 0. The average Bonchev–Trinajstić information content (AvgIpc) is 2.42. The van der Waals surface area contributed by atoms with Gasteiger partial charge in [-0.3, -0.25) is 0 Å².